The summed E-state index contributed by atoms with van der Waals surface area (Å²) in [5.74, 6) is 0.382. The molecule has 1 fully saturated rings. The molecule has 92 valence electrons. The molecule has 0 aromatic heterocycles. The molecule has 0 spiro atoms. The zero-order valence-corrected chi connectivity index (χ0v) is 9.78. The second kappa shape index (κ2) is 5.08. The number of amides is 1. The van der Waals surface area contributed by atoms with Gasteiger partial charge in [0.15, 0.2) is 5.75 Å². The normalized spacial score (nSPS) is 15.3. The van der Waals surface area contributed by atoms with Gasteiger partial charge in [-0.15, -0.1) is 0 Å². The Morgan fingerprint density at radius 3 is 2.88 bits per heavy atom. The molecule has 0 saturated heterocycles. The second-order valence-corrected chi connectivity index (χ2v) is 4.58. The van der Waals surface area contributed by atoms with Crippen molar-refractivity contribution in [3.8, 4) is 5.75 Å². The summed E-state index contributed by atoms with van der Waals surface area (Å²) >= 11 is 0. The van der Waals surface area contributed by atoms with Gasteiger partial charge in [-0.3, -0.25) is 4.79 Å². The fourth-order valence-corrected chi connectivity index (χ4v) is 2.01. The van der Waals surface area contributed by atoms with E-state index in [-0.39, 0.29) is 22.9 Å². The number of hydrogen-bond donors (Lipinski definition) is 3. The second-order valence-electron chi connectivity index (χ2n) is 4.58. The van der Waals surface area contributed by atoms with Gasteiger partial charge < -0.3 is 16.2 Å². The molecule has 4 N–H and O–H groups in total. The monoisotopic (exact) mass is 234 g/mol. The maximum absolute atomic E-state index is 11.8. The minimum atomic E-state index is -0.255. The number of carbonyl (C=O) groups is 1. The molecular weight excluding hydrogens is 216 g/mol. The van der Waals surface area contributed by atoms with Crippen LogP contribution in [0.5, 0.6) is 5.75 Å². The zero-order chi connectivity index (χ0) is 12.3. The molecule has 1 aromatic carbocycles. The highest BCUT2D eigenvalue weighted by atomic mass is 16.3. The van der Waals surface area contributed by atoms with Crippen LogP contribution in [-0.4, -0.2) is 17.6 Å². The van der Waals surface area contributed by atoms with Crippen LogP contribution in [0.4, 0.5) is 5.69 Å². The third-order valence-corrected chi connectivity index (χ3v) is 3.37. The third-order valence-electron chi connectivity index (χ3n) is 3.37. The van der Waals surface area contributed by atoms with E-state index in [0.29, 0.717) is 6.54 Å². The molecule has 0 atom stereocenters. The van der Waals surface area contributed by atoms with Gasteiger partial charge in [-0.2, -0.15) is 0 Å². The van der Waals surface area contributed by atoms with Crippen molar-refractivity contribution >= 4 is 11.6 Å². The van der Waals surface area contributed by atoms with Crippen molar-refractivity contribution in [1.82, 2.24) is 5.32 Å². The number of rotatable bonds is 4. The zero-order valence-electron chi connectivity index (χ0n) is 9.78. The number of nitrogens with two attached hydrogens (primary N) is 1. The van der Waals surface area contributed by atoms with E-state index in [1.807, 2.05) is 0 Å². The van der Waals surface area contributed by atoms with Gasteiger partial charge in [0, 0.05) is 6.54 Å². The Hall–Kier alpha value is -1.71. The van der Waals surface area contributed by atoms with E-state index >= 15 is 0 Å². The number of anilines is 1. The first kappa shape index (κ1) is 11.8. The first-order valence-electron chi connectivity index (χ1n) is 6.04. The maximum Gasteiger partial charge on any atom is 0.255 e. The Labute approximate surface area is 101 Å². The summed E-state index contributed by atoms with van der Waals surface area (Å²) in [6.45, 7) is 0.664. The first-order chi connectivity index (χ1) is 8.18. The van der Waals surface area contributed by atoms with E-state index in [1.54, 1.807) is 18.2 Å². The standard InChI is InChI=1S/C13H18N2O2/c14-11-6-2-5-10(12(11)16)13(17)15-8-7-9-3-1-4-9/h2,5-6,9,16H,1,3-4,7-8,14H2,(H,15,17). The van der Waals surface area contributed by atoms with Gasteiger partial charge in [-0.25, -0.2) is 0 Å². The predicted molar refractivity (Wildman–Crippen MR) is 66.8 cm³/mol. The summed E-state index contributed by atoms with van der Waals surface area (Å²) < 4.78 is 0. The summed E-state index contributed by atoms with van der Waals surface area (Å²) in [6, 6.07) is 4.81. The lowest BCUT2D eigenvalue weighted by Gasteiger charge is -2.25. The van der Waals surface area contributed by atoms with Gasteiger partial charge in [-0.05, 0) is 24.5 Å². The van der Waals surface area contributed by atoms with Crippen LogP contribution in [0.3, 0.4) is 0 Å². The topological polar surface area (TPSA) is 75.4 Å². The largest absolute Gasteiger partial charge is 0.505 e. The number of hydrogen-bond acceptors (Lipinski definition) is 3. The van der Waals surface area contributed by atoms with E-state index < -0.39 is 0 Å². The number of nitrogen functional groups attached to an aromatic ring is 1. The van der Waals surface area contributed by atoms with Crippen molar-refractivity contribution in [2.24, 2.45) is 5.92 Å². The lowest BCUT2D eigenvalue weighted by molar-refractivity contribution is 0.0946. The van der Waals surface area contributed by atoms with Gasteiger partial charge in [-0.1, -0.05) is 25.3 Å². The molecule has 0 radical (unpaired) electrons. The maximum atomic E-state index is 11.8. The molecule has 0 aliphatic heterocycles. The average molecular weight is 234 g/mol. The Bertz CT molecular complexity index is 414. The first-order valence-corrected chi connectivity index (χ1v) is 6.04. The lowest BCUT2D eigenvalue weighted by Crippen LogP contribution is -2.27. The number of benzene rings is 1. The Balaban J connectivity index is 1.87. The van der Waals surface area contributed by atoms with Crippen molar-refractivity contribution in [1.29, 1.82) is 0 Å². The fraction of sp³-hybridized carbons (Fsp3) is 0.462. The quantitative estimate of drug-likeness (QED) is 0.550. The van der Waals surface area contributed by atoms with Crippen LogP contribution in [0, 0.1) is 5.92 Å². The Morgan fingerprint density at radius 1 is 1.47 bits per heavy atom. The van der Waals surface area contributed by atoms with Gasteiger partial charge in [0.25, 0.3) is 5.91 Å². The van der Waals surface area contributed by atoms with Crippen molar-refractivity contribution in [2.45, 2.75) is 25.7 Å². The number of para-hydroxylation sites is 1. The molecule has 1 aliphatic carbocycles. The van der Waals surface area contributed by atoms with Gasteiger partial charge in [0.1, 0.15) is 0 Å². The molecule has 0 bridgehead atoms. The van der Waals surface area contributed by atoms with Crippen LogP contribution in [0.1, 0.15) is 36.0 Å². The SMILES string of the molecule is Nc1cccc(C(=O)NCCC2CCC2)c1O. The minimum Gasteiger partial charge on any atom is -0.505 e. The molecule has 0 unspecified atom stereocenters. The van der Waals surface area contributed by atoms with E-state index in [0.717, 1.165) is 12.3 Å². The molecule has 2 rings (SSSR count). The van der Waals surface area contributed by atoms with Crippen LogP contribution in [0.25, 0.3) is 0 Å². The molecular formula is C13H18N2O2. The molecule has 4 heteroatoms. The van der Waals surface area contributed by atoms with Crippen LogP contribution in [-0.2, 0) is 0 Å². The number of phenols is 1. The smallest absolute Gasteiger partial charge is 0.255 e. The summed E-state index contributed by atoms with van der Waals surface area (Å²) in [7, 11) is 0. The Kier molecular flexibility index (Phi) is 3.52. The van der Waals surface area contributed by atoms with E-state index in [9.17, 15) is 9.90 Å². The van der Waals surface area contributed by atoms with Crippen molar-refractivity contribution in [3.05, 3.63) is 23.8 Å². The van der Waals surface area contributed by atoms with E-state index in [1.165, 1.54) is 19.3 Å². The Morgan fingerprint density at radius 2 is 2.24 bits per heavy atom. The predicted octanol–water partition coefficient (Wildman–Crippen LogP) is 1.89. The lowest BCUT2D eigenvalue weighted by atomic mass is 9.83. The molecule has 4 nitrogen and oxygen atoms in total. The molecule has 1 amide bonds. The highest BCUT2D eigenvalue weighted by molar-refractivity contribution is 5.98. The van der Waals surface area contributed by atoms with Crippen LogP contribution >= 0.6 is 0 Å². The van der Waals surface area contributed by atoms with Crippen molar-refractivity contribution in [2.75, 3.05) is 12.3 Å². The fourth-order valence-electron chi connectivity index (χ4n) is 2.01. The number of carbonyl (C=O) groups excluding carboxylic acids is 1. The summed E-state index contributed by atoms with van der Waals surface area (Å²) in [4.78, 5) is 11.8. The number of aromatic hydroxyl groups is 1. The molecule has 1 aliphatic rings. The molecule has 0 heterocycles. The third kappa shape index (κ3) is 2.70. The van der Waals surface area contributed by atoms with Crippen molar-refractivity contribution in [3.63, 3.8) is 0 Å². The summed E-state index contributed by atoms with van der Waals surface area (Å²) in [6.07, 6.45) is 4.89. The van der Waals surface area contributed by atoms with Gasteiger partial charge in [0.2, 0.25) is 0 Å². The summed E-state index contributed by atoms with van der Waals surface area (Å²) in [5.41, 5.74) is 6.02. The summed E-state index contributed by atoms with van der Waals surface area (Å²) in [5, 5.41) is 12.5. The van der Waals surface area contributed by atoms with E-state index in [4.69, 9.17) is 5.73 Å². The highest BCUT2D eigenvalue weighted by Crippen LogP contribution is 2.29. The minimum absolute atomic E-state index is 0.131. The molecule has 17 heavy (non-hydrogen) atoms. The molecule has 1 saturated carbocycles. The number of nitrogens with one attached hydrogen (secondary N) is 1. The van der Waals surface area contributed by atoms with E-state index in [2.05, 4.69) is 5.32 Å². The van der Waals surface area contributed by atoms with Crippen molar-refractivity contribution < 1.29 is 9.90 Å². The highest BCUT2D eigenvalue weighted by Gasteiger charge is 2.18. The van der Waals surface area contributed by atoms with Crippen LogP contribution in [0.15, 0.2) is 18.2 Å². The van der Waals surface area contributed by atoms with Gasteiger partial charge in [0.05, 0.1) is 11.3 Å². The van der Waals surface area contributed by atoms with Gasteiger partial charge >= 0.3 is 0 Å². The molecule has 1 aromatic rings. The average Bonchev–Trinajstić information content (AvgIpc) is 2.25. The van der Waals surface area contributed by atoms with Crippen LogP contribution in [0.2, 0.25) is 0 Å². The van der Waals surface area contributed by atoms with Crippen LogP contribution < -0.4 is 11.1 Å². The number of phenolic OH excluding ortho intramolecular Hbond substituents is 1.